The fourth-order valence-corrected chi connectivity index (χ4v) is 9.09. The molecule has 0 aromatic heterocycles. The van der Waals surface area contributed by atoms with Gasteiger partial charge in [-0.25, -0.2) is 9.59 Å². The van der Waals surface area contributed by atoms with Crippen molar-refractivity contribution in [3.8, 4) is 0 Å². The molecule has 6 atom stereocenters. The minimum atomic E-state index is -0.562. The van der Waals surface area contributed by atoms with Crippen molar-refractivity contribution >= 4 is 43.4 Å². The molecule has 0 aromatic rings. The third-order valence-electron chi connectivity index (χ3n) is 12.7. The predicted molar refractivity (Wildman–Crippen MR) is 248 cm³/mol. The van der Waals surface area contributed by atoms with Crippen LogP contribution in [-0.4, -0.2) is 181 Å². The average molecular weight is 936 g/mol. The molecule has 19 nitrogen and oxygen atoms in total. The van der Waals surface area contributed by atoms with E-state index in [-0.39, 0.29) is 81.5 Å². The molecule has 2 saturated carbocycles. The Balaban J connectivity index is 0. The van der Waals surface area contributed by atoms with E-state index < -0.39 is 11.9 Å². The van der Waals surface area contributed by atoms with E-state index in [9.17, 15) is 28.8 Å². The van der Waals surface area contributed by atoms with Crippen molar-refractivity contribution < 1.29 is 83.5 Å². The first-order valence-electron chi connectivity index (χ1n) is 23.1. The molecule has 4 aliphatic heterocycles. The van der Waals surface area contributed by atoms with Crippen LogP contribution < -0.4 is 52.1 Å². The van der Waals surface area contributed by atoms with Gasteiger partial charge in [0.25, 0.3) is 0 Å². The molecule has 0 spiro atoms. The van der Waals surface area contributed by atoms with Crippen LogP contribution in [0, 0.1) is 0 Å². The molecule has 21 heteroatoms. The molecule has 65 heavy (non-hydrogen) atoms. The number of piperidine rings is 2. The number of nitrogens with zero attached hydrogens (tertiary/aromatic N) is 4. The van der Waals surface area contributed by atoms with Crippen LogP contribution in [0.1, 0.15) is 138 Å². The molecule has 6 fully saturated rings. The smallest absolute Gasteiger partial charge is 0.528 e. The number of likely N-dealkylation sites (tertiary alicyclic amines) is 4. The second-order valence-electron chi connectivity index (χ2n) is 18.1. The van der Waals surface area contributed by atoms with E-state index in [0.717, 1.165) is 77.9 Å². The summed E-state index contributed by atoms with van der Waals surface area (Å²) in [6.45, 7) is 19.6. The first-order chi connectivity index (χ1) is 29.2. The number of carbonyl (C=O) groups excluding carboxylic acids is 6. The predicted octanol–water partition coefficient (Wildman–Crippen LogP) is -1.43. The van der Waals surface area contributed by atoms with Crippen LogP contribution in [0.5, 0.6) is 0 Å². The van der Waals surface area contributed by atoms with E-state index in [4.69, 9.17) is 26.7 Å². The van der Waals surface area contributed by atoms with E-state index in [1.165, 1.54) is 65.7 Å². The SMILES string of the molecule is CC(=O)OC(C)=O.CCOC(=O)N1CCC(C)(N2CCC(=O)CC2)C1.CCOC(=O)N1CCC(C)(N2CCC(N[C@H]3CCCC[C@@H]3N)CC2)C1.N[C@H]1CCCC[C@@H]1N.O.O.[B-]C(C)=O.[Na+]. The van der Waals surface area contributed by atoms with Gasteiger partial charge in [0.2, 0.25) is 0 Å². The minimum Gasteiger partial charge on any atom is -0.528 e. The molecule has 0 bridgehead atoms. The molecule has 6 rings (SSSR count). The van der Waals surface area contributed by atoms with Gasteiger partial charge in [-0.05, 0) is 79.1 Å². The minimum absolute atomic E-state index is 0. The summed E-state index contributed by atoms with van der Waals surface area (Å²) in [5, 5.41) is 3.84. The van der Waals surface area contributed by atoms with Crippen molar-refractivity contribution in [3.63, 3.8) is 0 Å². The Labute approximate surface area is 412 Å². The van der Waals surface area contributed by atoms with Crippen LogP contribution in [0.2, 0.25) is 0 Å². The quantitative estimate of drug-likeness (QED) is 0.103. The molecule has 2 aliphatic carbocycles. The zero-order chi connectivity index (χ0) is 46.5. The molecule has 3 radical (unpaired) electrons. The molecular formula is C44H85BN8NaO11. The Morgan fingerprint density at radius 3 is 1.35 bits per heavy atom. The van der Waals surface area contributed by atoms with E-state index >= 15 is 0 Å². The van der Waals surface area contributed by atoms with Crippen molar-refractivity contribution in [2.24, 2.45) is 17.2 Å². The number of Topliss-reactive ketones (excluding diaryl/α,β-unsaturated/α-hetero) is 1. The molecular weight excluding hydrogens is 850 g/mol. The fraction of sp³-hybridized carbons (Fsp3) is 0.864. The standard InChI is InChI=1S/C19H36N4O2.C13H22N2O3.C6H14N2.C4H6O3.C2H3BO.Na.2H2O/c1-3-25-18(24)22-13-10-19(2,14-22)23-11-8-15(9-12-23)21-17-7-5-4-6-16(17)20;1-3-18-12(17)14-9-6-13(2,10-14)15-7-4-11(16)5-8-15;7-5-3-1-2-4-6(5)8;1-3(5)7-4(2)6;1-2(3)4;;;/h15-17,21H,3-14,20H2,1-2H3;3-10H2,1-2H3;5-6H,1-4,7-8H2;1-2H3;1H3;;2*1H2/q;;;;-1;+1;;/t16-,17-,19?;;5-,6-;;;;;/m0.0...../s1. The maximum absolute atomic E-state index is 12.0. The number of nitrogens with two attached hydrogens (primary N) is 3. The van der Waals surface area contributed by atoms with Crippen molar-refractivity contribution in [1.29, 1.82) is 0 Å². The molecule has 371 valence electrons. The van der Waals surface area contributed by atoms with Gasteiger partial charge >= 0.3 is 53.7 Å². The summed E-state index contributed by atoms with van der Waals surface area (Å²) in [7, 11) is 4.47. The van der Waals surface area contributed by atoms with Crippen LogP contribution in [0.3, 0.4) is 0 Å². The summed E-state index contributed by atoms with van der Waals surface area (Å²) in [6, 6.07) is 1.99. The van der Waals surface area contributed by atoms with Crippen molar-refractivity contribution in [2.45, 2.75) is 180 Å². The molecule has 2 amide bonds. The maximum atomic E-state index is 12.0. The summed E-state index contributed by atoms with van der Waals surface area (Å²) in [6.07, 6.45) is 15.1. The number of rotatable bonds is 6. The van der Waals surface area contributed by atoms with Gasteiger partial charge in [-0.2, -0.15) is 0 Å². The summed E-state index contributed by atoms with van der Waals surface area (Å²) in [5.74, 6) is -0.768. The third-order valence-corrected chi connectivity index (χ3v) is 12.7. The monoisotopic (exact) mass is 936 g/mol. The molecule has 11 N–H and O–H groups in total. The van der Waals surface area contributed by atoms with Crippen molar-refractivity contribution in [1.82, 2.24) is 24.9 Å². The number of amides is 2. The number of ether oxygens (including phenoxy) is 3. The van der Waals surface area contributed by atoms with E-state index in [1.807, 2.05) is 18.7 Å². The summed E-state index contributed by atoms with van der Waals surface area (Å²) in [5.41, 5.74) is 17.4. The van der Waals surface area contributed by atoms with Crippen LogP contribution >= 0.6 is 0 Å². The second-order valence-corrected chi connectivity index (χ2v) is 18.1. The number of carbonyl (C=O) groups is 6. The van der Waals surface area contributed by atoms with Gasteiger partial charge in [-0.15, -0.1) is 5.68 Å². The largest absolute Gasteiger partial charge is 1.00 e. The maximum Gasteiger partial charge on any atom is 1.00 e. The molecule has 0 aromatic carbocycles. The molecule has 6 aliphatic rings. The van der Waals surface area contributed by atoms with E-state index in [2.05, 4.69) is 41.5 Å². The first-order valence-corrected chi connectivity index (χ1v) is 23.1. The van der Waals surface area contributed by atoms with Gasteiger partial charge in [0.15, 0.2) is 0 Å². The Morgan fingerprint density at radius 2 is 1.02 bits per heavy atom. The summed E-state index contributed by atoms with van der Waals surface area (Å²) in [4.78, 5) is 72.4. The number of nitrogens with one attached hydrogen (secondary N) is 1. The van der Waals surface area contributed by atoms with Crippen LogP contribution in [0.25, 0.3) is 0 Å². The van der Waals surface area contributed by atoms with Gasteiger partial charge in [0.1, 0.15) is 5.78 Å². The topological polar surface area (TPSA) is 296 Å². The van der Waals surface area contributed by atoms with Gasteiger partial charge in [-0.3, -0.25) is 24.2 Å². The summed E-state index contributed by atoms with van der Waals surface area (Å²) >= 11 is 0. The Hall–Kier alpha value is -2.24. The zero-order valence-electron chi connectivity index (χ0n) is 41.1. The number of hydrogen-bond donors (Lipinski definition) is 4. The van der Waals surface area contributed by atoms with Crippen molar-refractivity contribution in [3.05, 3.63) is 0 Å². The van der Waals surface area contributed by atoms with Crippen molar-refractivity contribution in [2.75, 3.05) is 65.6 Å². The number of ketones is 1. The van der Waals surface area contributed by atoms with Crippen LogP contribution in [0.15, 0.2) is 0 Å². The zero-order valence-corrected chi connectivity index (χ0v) is 43.1. The van der Waals surface area contributed by atoms with Crippen LogP contribution in [-0.2, 0) is 33.4 Å². The molecule has 4 saturated heterocycles. The van der Waals surface area contributed by atoms with Crippen LogP contribution in [0.4, 0.5) is 9.59 Å². The Morgan fingerprint density at radius 1 is 0.646 bits per heavy atom. The molecule has 2 unspecified atom stereocenters. The number of hydrogen-bond acceptors (Lipinski definition) is 15. The van der Waals surface area contributed by atoms with Gasteiger partial charge < -0.3 is 70.1 Å². The van der Waals surface area contributed by atoms with Gasteiger partial charge in [0.05, 0.1) is 13.2 Å². The Kier molecular flexibility index (Phi) is 33.2. The number of esters is 2. The second kappa shape index (κ2) is 33.3. The molecule has 4 heterocycles. The first kappa shape index (κ1) is 64.8. The Bertz CT molecular complexity index is 1400. The summed E-state index contributed by atoms with van der Waals surface area (Å²) < 4.78 is 14.2. The normalized spacial score (nSPS) is 27.8. The fourth-order valence-electron chi connectivity index (χ4n) is 9.09. The van der Waals surface area contributed by atoms with Gasteiger partial charge in [0, 0.05) is 120 Å². The van der Waals surface area contributed by atoms with E-state index in [1.54, 1.807) is 4.90 Å². The van der Waals surface area contributed by atoms with Gasteiger partial charge in [-0.1, -0.05) is 32.6 Å². The average Bonchev–Trinajstić information content (AvgIpc) is 3.82. The third kappa shape index (κ3) is 24.1. The van der Waals surface area contributed by atoms with E-state index in [0.29, 0.717) is 56.5 Å².